The van der Waals surface area contributed by atoms with E-state index in [4.69, 9.17) is 0 Å². The molecule has 1 aromatic carbocycles. The molecule has 0 N–H and O–H groups in total. The highest BCUT2D eigenvalue weighted by Crippen LogP contribution is 2.33. The summed E-state index contributed by atoms with van der Waals surface area (Å²) in [5.41, 5.74) is 4.25. The Kier molecular flexibility index (Phi) is 6.35. The van der Waals surface area contributed by atoms with E-state index < -0.39 is 10.0 Å². The standard InChI is InChI=1S/C24H33N3O3S/c1-4-18-12-13-19(15-22(18)31(29,30)26-14-8-9-17(3)16-26)23-20-10-6-7-11-21(20)24(28)27(5-2)25-23/h12-13,15,17H,4-11,14,16H2,1-3H3. The number of aryl methyl sites for hydroxylation is 2. The molecule has 31 heavy (non-hydrogen) atoms. The van der Waals surface area contributed by atoms with Crippen LogP contribution in [0.2, 0.25) is 0 Å². The molecule has 1 unspecified atom stereocenters. The van der Waals surface area contributed by atoms with Crippen molar-refractivity contribution in [2.75, 3.05) is 13.1 Å². The summed E-state index contributed by atoms with van der Waals surface area (Å²) in [7, 11) is -3.58. The molecular weight excluding hydrogens is 410 g/mol. The van der Waals surface area contributed by atoms with Gasteiger partial charge in [-0.15, -0.1) is 0 Å². The lowest BCUT2D eigenvalue weighted by Crippen LogP contribution is -2.39. The zero-order valence-corrected chi connectivity index (χ0v) is 19.7. The van der Waals surface area contributed by atoms with E-state index in [2.05, 4.69) is 12.0 Å². The first kappa shape index (κ1) is 22.2. The van der Waals surface area contributed by atoms with Crippen LogP contribution < -0.4 is 5.56 Å². The van der Waals surface area contributed by atoms with Crippen LogP contribution in [0.25, 0.3) is 11.3 Å². The van der Waals surface area contributed by atoms with Crippen LogP contribution in [0.3, 0.4) is 0 Å². The van der Waals surface area contributed by atoms with Crippen molar-refractivity contribution >= 4 is 10.0 Å². The van der Waals surface area contributed by atoms with Gasteiger partial charge in [-0.1, -0.05) is 26.0 Å². The highest BCUT2D eigenvalue weighted by atomic mass is 32.2. The van der Waals surface area contributed by atoms with E-state index >= 15 is 0 Å². The molecule has 0 radical (unpaired) electrons. The third-order valence-electron chi connectivity index (χ3n) is 6.73. The fraction of sp³-hybridized carbons (Fsp3) is 0.583. The maximum atomic E-state index is 13.6. The van der Waals surface area contributed by atoms with Crippen LogP contribution in [0.5, 0.6) is 0 Å². The number of hydrogen-bond donors (Lipinski definition) is 0. The van der Waals surface area contributed by atoms with Crippen LogP contribution in [-0.2, 0) is 35.8 Å². The summed E-state index contributed by atoms with van der Waals surface area (Å²) in [5, 5.41) is 4.67. The van der Waals surface area contributed by atoms with Crippen molar-refractivity contribution in [3.63, 3.8) is 0 Å². The van der Waals surface area contributed by atoms with Crippen LogP contribution in [0.4, 0.5) is 0 Å². The number of nitrogens with zero attached hydrogens (tertiary/aromatic N) is 3. The lowest BCUT2D eigenvalue weighted by molar-refractivity contribution is 0.281. The summed E-state index contributed by atoms with van der Waals surface area (Å²) in [6, 6.07) is 5.70. The zero-order valence-electron chi connectivity index (χ0n) is 18.9. The van der Waals surface area contributed by atoms with E-state index in [1.165, 1.54) is 4.68 Å². The summed E-state index contributed by atoms with van der Waals surface area (Å²) >= 11 is 0. The van der Waals surface area contributed by atoms with E-state index in [1.807, 2.05) is 26.0 Å². The number of benzene rings is 1. The van der Waals surface area contributed by atoms with Crippen LogP contribution >= 0.6 is 0 Å². The number of rotatable bonds is 5. The molecule has 1 fully saturated rings. The van der Waals surface area contributed by atoms with Gasteiger partial charge in [0.05, 0.1) is 10.6 Å². The van der Waals surface area contributed by atoms with Gasteiger partial charge in [-0.25, -0.2) is 13.1 Å². The average molecular weight is 444 g/mol. The number of sulfonamides is 1. The van der Waals surface area contributed by atoms with Gasteiger partial charge in [-0.3, -0.25) is 4.79 Å². The average Bonchev–Trinajstić information content (AvgIpc) is 2.79. The lowest BCUT2D eigenvalue weighted by Gasteiger charge is -2.30. The fourth-order valence-corrected chi connectivity index (χ4v) is 6.89. The Morgan fingerprint density at radius 1 is 1.10 bits per heavy atom. The third kappa shape index (κ3) is 4.10. The minimum atomic E-state index is -3.58. The molecule has 7 heteroatoms. The molecule has 2 aromatic rings. The minimum absolute atomic E-state index is 0.00118. The van der Waals surface area contributed by atoms with Gasteiger partial charge in [0.25, 0.3) is 5.56 Å². The molecule has 0 amide bonds. The van der Waals surface area contributed by atoms with Crippen molar-refractivity contribution < 1.29 is 8.42 Å². The predicted molar refractivity (Wildman–Crippen MR) is 123 cm³/mol. The van der Waals surface area contributed by atoms with Gasteiger partial charge in [0, 0.05) is 30.8 Å². The van der Waals surface area contributed by atoms with Gasteiger partial charge in [-0.05, 0) is 75.0 Å². The summed E-state index contributed by atoms with van der Waals surface area (Å²) in [4.78, 5) is 13.2. The van der Waals surface area contributed by atoms with Gasteiger partial charge in [0.2, 0.25) is 10.0 Å². The van der Waals surface area contributed by atoms with Crippen LogP contribution in [0.15, 0.2) is 27.9 Å². The molecule has 6 nitrogen and oxygen atoms in total. The van der Waals surface area contributed by atoms with Crippen molar-refractivity contribution in [1.82, 2.24) is 14.1 Å². The lowest BCUT2D eigenvalue weighted by atomic mass is 9.89. The van der Waals surface area contributed by atoms with Gasteiger partial charge in [0.1, 0.15) is 0 Å². The molecular formula is C24H33N3O3S. The van der Waals surface area contributed by atoms with E-state index in [9.17, 15) is 13.2 Å². The zero-order chi connectivity index (χ0) is 22.2. The topological polar surface area (TPSA) is 72.3 Å². The molecule has 4 rings (SSSR count). The third-order valence-corrected chi connectivity index (χ3v) is 8.67. The number of fused-ring (bicyclic) bond motifs is 1. The number of piperidine rings is 1. The van der Waals surface area contributed by atoms with Crippen molar-refractivity contribution in [2.24, 2.45) is 5.92 Å². The first-order chi connectivity index (χ1) is 14.9. The van der Waals surface area contributed by atoms with E-state index in [0.29, 0.717) is 36.9 Å². The van der Waals surface area contributed by atoms with Crippen molar-refractivity contribution in [2.45, 2.75) is 77.2 Å². The van der Waals surface area contributed by atoms with Gasteiger partial charge in [0.15, 0.2) is 0 Å². The van der Waals surface area contributed by atoms with Crippen LogP contribution in [-0.4, -0.2) is 35.6 Å². The molecule has 1 aliphatic heterocycles. The first-order valence-corrected chi connectivity index (χ1v) is 13.1. The highest BCUT2D eigenvalue weighted by molar-refractivity contribution is 7.89. The highest BCUT2D eigenvalue weighted by Gasteiger charge is 2.31. The molecule has 1 saturated heterocycles. The molecule has 1 aliphatic carbocycles. The van der Waals surface area contributed by atoms with Crippen LogP contribution in [0.1, 0.15) is 63.1 Å². The quantitative estimate of drug-likeness (QED) is 0.705. The summed E-state index contributed by atoms with van der Waals surface area (Å²) < 4.78 is 30.4. The smallest absolute Gasteiger partial charge is 0.267 e. The molecule has 2 heterocycles. The second-order valence-corrected chi connectivity index (χ2v) is 10.8. The number of aromatic nitrogens is 2. The SMILES string of the molecule is CCc1ccc(-c2nn(CC)c(=O)c3c2CCCC3)cc1S(=O)(=O)N1CCCC(C)C1. The number of hydrogen-bond acceptors (Lipinski definition) is 4. The summed E-state index contributed by atoms with van der Waals surface area (Å²) in [6.45, 7) is 7.68. The second-order valence-electron chi connectivity index (χ2n) is 8.92. The van der Waals surface area contributed by atoms with Gasteiger partial charge in [-0.2, -0.15) is 9.40 Å². The molecule has 0 spiro atoms. The van der Waals surface area contributed by atoms with Crippen molar-refractivity contribution in [3.05, 3.63) is 45.2 Å². The second kappa shape index (κ2) is 8.87. The summed E-state index contributed by atoms with van der Waals surface area (Å²) in [5.74, 6) is 0.374. The monoisotopic (exact) mass is 443 g/mol. The Bertz CT molecular complexity index is 1140. The van der Waals surface area contributed by atoms with Gasteiger partial charge < -0.3 is 0 Å². The molecule has 1 atom stereocenters. The van der Waals surface area contributed by atoms with Gasteiger partial charge >= 0.3 is 0 Å². The van der Waals surface area contributed by atoms with Crippen LogP contribution in [0, 0.1) is 5.92 Å². The molecule has 1 aromatic heterocycles. The minimum Gasteiger partial charge on any atom is -0.267 e. The van der Waals surface area contributed by atoms with E-state index in [1.54, 1.807) is 10.4 Å². The molecule has 0 bridgehead atoms. The first-order valence-electron chi connectivity index (χ1n) is 11.6. The van der Waals surface area contributed by atoms with E-state index in [-0.39, 0.29) is 5.56 Å². The maximum absolute atomic E-state index is 13.6. The largest absolute Gasteiger partial charge is 0.270 e. The normalized spacial score (nSPS) is 19.9. The molecule has 168 valence electrons. The van der Waals surface area contributed by atoms with Crippen molar-refractivity contribution in [3.8, 4) is 11.3 Å². The molecule has 2 aliphatic rings. The Morgan fingerprint density at radius 2 is 1.84 bits per heavy atom. The Labute approximate surface area is 185 Å². The Hall–Kier alpha value is -1.99. The fourth-order valence-electron chi connectivity index (χ4n) is 4.97. The van der Waals surface area contributed by atoms with E-state index in [0.717, 1.165) is 66.5 Å². The molecule has 0 saturated carbocycles. The maximum Gasteiger partial charge on any atom is 0.270 e. The Balaban J connectivity index is 1.86. The summed E-state index contributed by atoms with van der Waals surface area (Å²) in [6.07, 6.45) is 6.25. The van der Waals surface area contributed by atoms with Crippen molar-refractivity contribution in [1.29, 1.82) is 0 Å². The Morgan fingerprint density at radius 3 is 2.52 bits per heavy atom. The predicted octanol–water partition coefficient (Wildman–Crippen LogP) is 3.79.